The zero-order valence-electron chi connectivity index (χ0n) is 12.8. The van der Waals surface area contributed by atoms with E-state index in [4.69, 9.17) is 18.0 Å². The van der Waals surface area contributed by atoms with E-state index in [-0.39, 0.29) is 0 Å². The van der Waals surface area contributed by atoms with Crippen LogP contribution < -0.4 is 10.6 Å². The molecule has 1 atom stereocenters. The van der Waals surface area contributed by atoms with Crippen molar-refractivity contribution >= 4 is 23.0 Å². The molecule has 4 nitrogen and oxygen atoms in total. The maximum atomic E-state index is 5.98. The lowest BCUT2D eigenvalue weighted by molar-refractivity contribution is 0.599. The van der Waals surface area contributed by atoms with Crippen LogP contribution in [0.3, 0.4) is 0 Å². The van der Waals surface area contributed by atoms with Crippen molar-refractivity contribution in [3.05, 3.63) is 16.8 Å². The van der Waals surface area contributed by atoms with E-state index in [0.29, 0.717) is 11.0 Å². The van der Waals surface area contributed by atoms with Gasteiger partial charge in [0.05, 0.1) is 11.3 Å². The molecule has 0 radical (unpaired) electrons. The van der Waals surface area contributed by atoms with E-state index in [1.807, 2.05) is 0 Å². The highest BCUT2D eigenvalue weighted by atomic mass is 32.1. The molecule has 1 aliphatic rings. The summed E-state index contributed by atoms with van der Waals surface area (Å²) >= 11 is 5.28. The van der Waals surface area contributed by atoms with Gasteiger partial charge in [-0.25, -0.2) is 0 Å². The fourth-order valence-electron chi connectivity index (χ4n) is 2.76. The van der Waals surface area contributed by atoms with Gasteiger partial charge in [-0.05, 0) is 44.1 Å². The number of hydrogen-bond acceptors (Lipinski definition) is 4. The Kier molecular flexibility index (Phi) is 4.58. The van der Waals surface area contributed by atoms with Crippen LogP contribution in [0.2, 0.25) is 0 Å². The largest absolute Gasteiger partial charge is 0.389 e. The molecule has 2 rings (SSSR count). The minimum absolute atomic E-state index is 0.427. The molecule has 0 aliphatic heterocycles. The summed E-state index contributed by atoms with van der Waals surface area (Å²) in [6, 6.07) is 0.453. The second kappa shape index (κ2) is 6.04. The van der Waals surface area contributed by atoms with Crippen LogP contribution in [0.25, 0.3) is 0 Å². The number of aromatic nitrogens is 2. The van der Waals surface area contributed by atoms with Crippen molar-refractivity contribution in [2.75, 3.05) is 11.9 Å². The maximum Gasteiger partial charge on any atom is 0.161 e. The summed E-state index contributed by atoms with van der Waals surface area (Å²) in [6.07, 6.45) is 4.34. The number of nitrogens with zero attached hydrogens (tertiary/aromatic N) is 3. The van der Waals surface area contributed by atoms with Crippen LogP contribution >= 0.6 is 12.2 Å². The standard InChI is InChI=1S/C15H24N4S/c1-5-11-12(6-2)17-18-15(13(11)14(16)20)19(4)9(3)10-7-8-10/h9-10H,5-8H2,1-4H3,(H2,16,20). The van der Waals surface area contributed by atoms with Crippen molar-refractivity contribution in [3.63, 3.8) is 0 Å². The first-order valence-corrected chi connectivity index (χ1v) is 7.83. The second-order valence-corrected chi connectivity index (χ2v) is 6.02. The van der Waals surface area contributed by atoms with Crippen molar-refractivity contribution in [3.8, 4) is 0 Å². The summed E-state index contributed by atoms with van der Waals surface area (Å²) in [7, 11) is 2.07. The zero-order chi connectivity index (χ0) is 14.9. The van der Waals surface area contributed by atoms with Gasteiger partial charge in [-0.3, -0.25) is 0 Å². The molecular formula is C15H24N4S. The molecular weight excluding hydrogens is 268 g/mol. The summed E-state index contributed by atoms with van der Waals surface area (Å²) in [5.41, 5.74) is 9.06. The van der Waals surface area contributed by atoms with Crippen LogP contribution in [0.1, 0.15) is 50.4 Å². The molecule has 110 valence electrons. The predicted octanol–water partition coefficient (Wildman–Crippen LogP) is 2.47. The average molecular weight is 292 g/mol. The van der Waals surface area contributed by atoms with Crippen molar-refractivity contribution in [2.24, 2.45) is 11.7 Å². The molecule has 0 amide bonds. The van der Waals surface area contributed by atoms with E-state index in [0.717, 1.165) is 41.4 Å². The lowest BCUT2D eigenvalue weighted by atomic mass is 10.0. The third-order valence-electron chi connectivity index (χ3n) is 4.32. The van der Waals surface area contributed by atoms with E-state index in [1.165, 1.54) is 12.8 Å². The summed E-state index contributed by atoms with van der Waals surface area (Å²) in [5.74, 6) is 1.60. The molecule has 20 heavy (non-hydrogen) atoms. The number of nitrogens with two attached hydrogens (primary N) is 1. The molecule has 0 spiro atoms. The molecule has 1 heterocycles. The number of aryl methyl sites for hydroxylation is 1. The second-order valence-electron chi connectivity index (χ2n) is 5.58. The zero-order valence-corrected chi connectivity index (χ0v) is 13.6. The highest BCUT2D eigenvalue weighted by molar-refractivity contribution is 7.80. The van der Waals surface area contributed by atoms with Gasteiger partial charge in [0, 0.05) is 13.1 Å². The Labute approximate surface area is 126 Å². The van der Waals surface area contributed by atoms with E-state index in [2.05, 4.69) is 42.9 Å². The molecule has 1 aliphatic carbocycles. The van der Waals surface area contributed by atoms with Crippen molar-refractivity contribution in [2.45, 2.75) is 52.5 Å². The van der Waals surface area contributed by atoms with E-state index in [1.54, 1.807) is 0 Å². The monoisotopic (exact) mass is 292 g/mol. The summed E-state index contributed by atoms with van der Waals surface area (Å²) in [6.45, 7) is 6.44. The van der Waals surface area contributed by atoms with Gasteiger partial charge in [-0.15, -0.1) is 5.10 Å². The van der Waals surface area contributed by atoms with E-state index in [9.17, 15) is 0 Å². The highest BCUT2D eigenvalue weighted by Gasteiger charge is 2.32. The fourth-order valence-corrected chi connectivity index (χ4v) is 2.97. The molecule has 1 fully saturated rings. The molecule has 0 aromatic carbocycles. The lowest BCUT2D eigenvalue weighted by Gasteiger charge is -2.28. The van der Waals surface area contributed by atoms with Crippen LogP contribution in [-0.4, -0.2) is 28.3 Å². The van der Waals surface area contributed by atoms with Crippen molar-refractivity contribution in [1.29, 1.82) is 0 Å². The SMILES string of the molecule is CCc1nnc(N(C)C(C)C2CC2)c(C(N)=S)c1CC. The topological polar surface area (TPSA) is 55.0 Å². The van der Waals surface area contributed by atoms with E-state index >= 15 is 0 Å². The van der Waals surface area contributed by atoms with Crippen LogP contribution in [0, 0.1) is 5.92 Å². The third-order valence-corrected chi connectivity index (χ3v) is 4.53. The Hall–Kier alpha value is -1.23. The molecule has 0 bridgehead atoms. The van der Waals surface area contributed by atoms with Crippen LogP contribution in [0.15, 0.2) is 0 Å². The number of rotatable bonds is 6. The van der Waals surface area contributed by atoms with E-state index < -0.39 is 0 Å². The quantitative estimate of drug-likeness (QED) is 0.816. The molecule has 1 saturated carbocycles. The first-order chi connectivity index (χ1) is 9.51. The van der Waals surface area contributed by atoms with Crippen LogP contribution in [0.4, 0.5) is 5.82 Å². The maximum absolute atomic E-state index is 5.98. The molecule has 2 N–H and O–H groups in total. The summed E-state index contributed by atoms with van der Waals surface area (Å²) in [5, 5.41) is 8.81. The lowest BCUT2D eigenvalue weighted by Crippen LogP contribution is -2.34. The Morgan fingerprint density at radius 1 is 1.35 bits per heavy atom. The van der Waals surface area contributed by atoms with Crippen LogP contribution in [-0.2, 0) is 12.8 Å². The average Bonchev–Trinajstić information content (AvgIpc) is 3.28. The molecule has 1 unspecified atom stereocenters. The predicted molar refractivity (Wildman–Crippen MR) is 87.3 cm³/mol. The molecule has 1 aromatic rings. The summed E-state index contributed by atoms with van der Waals surface area (Å²) in [4.78, 5) is 2.62. The van der Waals surface area contributed by atoms with Gasteiger partial charge in [-0.2, -0.15) is 5.10 Å². The van der Waals surface area contributed by atoms with Crippen molar-refractivity contribution in [1.82, 2.24) is 10.2 Å². The smallest absolute Gasteiger partial charge is 0.161 e. The minimum Gasteiger partial charge on any atom is -0.389 e. The third kappa shape index (κ3) is 2.77. The Balaban J connectivity index is 2.48. The molecule has 1 aromatic heterocycles. The highest BCUT2D eigenvalue weighted by Crippen LogP contribution is 2.37. The minimum atomic E-state index is 0.427. The van der Waals surface area contributed by atoms with Gasteiger partial charge in [0.15, 0.2) is 5.82 Å². The Morgan fingerprint density at radius 3 is 2.45 bits per heavy atom. The normalized spacial score (nSPS) is 16.0. The first kappa shape index (κ1) is 15.2. The van der Waals surface area contributed by atoms with Gasteiger partial charge in [0.1, 0.15) is 4.99 Å². The Morgan fingerprint density at radius 2 is 2.00 bits per heavy atom. The first-order valence-electron chi connectivity index (χ1n) is 7.42. The van der Waals surface area contributed by atoms with Gasteiger partial charge in [0.25, 0.3) is 0 Å². The fraction of sp³-hybridized carbons (Fsp3) is 0.667. The number of thiocarbonyl (C=S) groups is 1. The van der Waals surface area contributed by atoms with Gasteiger partial charge < -0.3 is 10.6 Å². The summed E-state index contributed by atoms with van der Waals surface area (Å²) < 4.78 is 0. The number of hydrogen-bond donors (Lipinski definition) is 1. The Bertz CT molecular complexity index is 511. The molecule has 5 heteroatoms. The van der Waals surface area contributed by atoms with Crippen molar-refractivity contribution < 1.29 is 0 Å². The number of anilines is 1. The van der Waals surface area contributed by atoms with Crippen LogP contribution in [0.5, 0.6) is 0 Å². The molecule has 0 saturated heterocycles. The van der Waals surface area contributed by atoms with Gasteiger partial charge in [-0.1, -0.05) is 26.1 Å². The van der Waals surface area contributed by atoms with Gasteiger partial charge >= 0.3 is 0 Å². The van der Waals surface area contributed by atoms with Gasteiger partial charge in [0.2, 0.25) is 0 Å².